The third kappa shape index (κ3) is 8.37. The molecule has 8 heteroatoms. The number of halogens is 3. The minimum Gasteiger partial charge on any atom is -0.457 e. The van der Waals surface area contributed by atoms with Crippen LogP contribution in [-0.4, -0.2) is 41.9 Å². The van der Waals surface area contributed by atoms with Gasteiger partial charge in [-0.2, -0.15) is 0 Å². The average molecular weight is 710 g/mol. The van der Waals surface area contributed by atoms with Crippen LogP contribution in [0, 0.1) is 0 Å². The second-order valence-corrected chi connectivity index (χ2v) is 14.6. The van der Waals surface area contributed by atoms with Gasteiger partial charge in [-0.05, 0) is 109 Å². The maximum Gasteiger partial charge on any atom is 0.337 e. The maximum absolute atomic E-state index is 13.6. The largest absolute Gasteiger partial charge is 0.457 e. The summed E-state index contributed by atoms with van der Waals surface area (Å²) < 4.78 is 5.82. The number of nitrogens with zero attached hydrogens (tertiary/aromatic N) is 1. The van der Waals surface area contributed by atoms with E-state index in [0.717, 1.165) is 51.0 Å². The van der Waals surface area contributed by atoms with Gasteiger partial charge in [-0.3, -0.25) is 4.79 Å². The summed E-state index contributed by atoms with van der Waals surface area (Å²) in [7, 11) is 0. The third-order valence-corrected chi connectivity index (χ3v) is 10.3. The molecule has 1 fully saturated rings. The molecular formula is C40H47Cl3N2O3. The number of nitrogens with one attached hydrogen (secondary N) is 1. The van der Waals surface area contributed by atoms with Crippen molar-refractivity contribution in [2.75, 3.05) is 19.6 Å². The number of carbonyl (C=O) groups is 2. The number of dihydropyridines is 1. The molecule has 1 saturated heterocycles. The molecule has 1 atom stereocenters. The minimum absolute atomic E-state index is 0. The van der Waals surface area contributed by atoms with Crippen LogP contribution in [0.2, 0.25) is 10.0 Å². The minimum atomic E-state index is -0.705. The van der Waals surface area contributed by atoms with Crippen LogP contribution in [0.15, 0.2) is 101 Å². The van der Waals surface area contributed by atoms with E-state index in [1.165, 1.54) is 11.1 Å². The smallest absolute Gasteiger partial charge is 0.337 e. The van der Waals surface area contributed by atoms with Gasteiger partial charge >= 0.3 is 5.97 Å². The van der Waals surface area contributed by atoms with Gasteiger partial charge in [-0.25, -0.2) is 4.79 Å². The summed E-state index contributed by atoms with van der Waals surface area (Å²) in [6.07, 6.45) is 4.70. The van der Waals surface area contributed by atoms with E-state index in [0.29, 0.717) is 38.9 Å². The normalized spacial score (nSPS) is 18.2. The number of hydrogen-bond donors (Lipinski definition) is 1. The molecule has 1 N–H and O–H groups in total. The van der Waals surface area contributed by atoms with Gasteiger partial charge in [0.05, 0.1) is 15.6 Å². The topological polar surface area (TPSA) is 58.6 Å². The number of unbranched alkanes of at least 4 members (excludes halogenated alkanes) is 1. The van der Waals surface area contributed by atoms with Crippen LogP contribution in [0.3, 0.4) is 0 Å². The molecule has 0 radical (unpaired) electrons. The van der Waals surface area contributed by atoms with Gasteiger partial charge in [-0.15, -0.1) is 12.4 Å². The Kier molecular flexibility index (Phi) is 12.6. The Bertz CT molecular complexity index is 1610. The standard InChI is InChI=1S/C40H46Cl2N2O3.ClH/c1-27-34(38(46)47-39(3,4)5)36(31-19-14-20-32(41)37(31)42)35(28(2)45)33(43-27)21-12-13-24-44-25-22-40(23-26-44,29-15-8-6-9-16-29)30-17-10-7-11-18-30;/h6-11,14-20,36,43H,12-13,21-26H2,1-5H3;1H. The Labute approximate surface area is 302 Å². The van der Waals surface area contributed by atoms with Crippen molar-refractivity contribution in [3.05, 3.63) is 128 Å². The van der Waals surface area contributed by atoms with E-state index >= 15 is 0 Å². The highest BCUT2D eigenvalue weighted by molar-refractivity contribution is 6.42. The van der Waals surface area contributed by atoms with Gasteiger partial charge < -0.3 is 15.0 Å². The lowest BCUT2D eigenvalue weighted by Crippen LogP contribution is -2.43. The van der Waals surface area contributed by atoms with Crippen LogP contribution in [0.1, 0.15) is 89.3 Å². The summed E-state index contributed by atoms with van der Waals surface area (Å²) in [5, 5.41) is 4.14. The molecule has 0 amide bonds. The summed E-state index contributed by atoms with van der Waals surface area (Å²) >= 11 is 13.2. The number of esters is 1. The van der Waals surface area contributed by atoms with Crippen molar-refractivity contribution in [2.45, 2.75) is 83.7 Å². The zero-order chi connectivity index (χ0) is 33.8. The lowest BCUT2D eigenvalue weighted by molar-refractivity contribution is -0.150. The number of likely N-dealkylation sites (tertiary alicyclic amines) is 1. The van der Waals surface area contributed by atoms with Crippen molar-refractivity contribution in [1.29, 1.82) is 0 Å². The fourth-order valence-electron chi connectivity index (χ4n) is 7.22. The van der Waals surface area contributed by atoms with Crippen LogP contribution in [0.4, 0.5) is 0 Å². The molecular weight excluding hydrogens is 663 g/mol. The summed E-state index contributed by atoms with van der Waals surface area (Å²) in [5.41, 5.74) is 5.13. The quantitative estimate of drug-likeness (QED) is 0.168. The maximum atomic E-state index is 13.6. The molecule has 0 bridgehead atoms. The molecule has 0 spiro atoms. The van der Waals surface area contributed by atoms with Gasteiger partial charge in [0.2, 0.25) is 0 Å². The van der Waals surface area contributed by atoms with E-state index in [4.69, 9.17) is 27.9 Å². The van der Waals surface area contributed by atoms with E-state index in [-0.39, 0.29) is 23.6 Å². The lowest BCUT2D eigenvalue weighted by Gasteiger charge is -2.43. The summed E-state index contributed by atoms with van der Waals surface area (Å²) in [6.45, 7) is 12.0. The SMILES string of the molecule is CC(=O)C1=C(CCCCN2CCC(c3ccccc3)(c3ccccc3)CC2)NC(C)=C(C(=O)OC(C)(C)C)C1c1cccc(Cl)c1Cl.Cl. The van der Waals surface area contributed by atoms with Crippen molar-refractivity contribution in [2.24, 2.45) is 0 Å². The Balaban J connectivity index is 0.00000520. The zero-order valence-electron chi connectivity index (χ0n) is 28.6. The molecule has 3 aromatic rings. The number of rotatable bonds is 10. The van der Waals surface area contributed by atoms with Gasteiger partial charge in [0, 0.05) is 28.3 Å². The van der Waals surface area contributed by atoms with Crippen molar-refractivity contribution >= 4 is 47.4 Å². The highest BCUT2D eigenvalue weighted by Crippen LogP contribution is 2.45. The number of ketones is 1. The lowest BCUT2D eigenvalue weighted by atomic mass is 9.68. The Morgan fingerprint density at radius 1 is 0.875 bits per heavy atom. The molecule has 2 aliphatic rings. The number of hydrogen-bond acceptors (Lipinski definition) is 5. The van der Waals surface area contributed by atoms with Crippen LogP contribution in [0.5, 0.6) is 0 Å². The van der Waals surface area contributed by atoms with Crippen LogP contribution < -0.4 is 5.32 Å². The molecule has 0 aliphatic carbocycles. The molecule has 5 nitrogen and oxygen atoms in total. The number of Topliss-reactive ketones (excluding diaryl/α,β-unsaturated/α-hetero) is 1. The third-order valence-electron chi connectivity index (χ3n) is 9.45. The summed E-state index contributed by atoms with van der Waals surface area (Å²) in [5.74, 6) is -1.28. The summed E-state index contributed by atoms with van der Waals surface area (Å²) in [4.78, 5) is 29.5. The van der Waals surface area contributed by atoms with E-state index in [2.05, 4.69) is 70.9 Å². The van der Waals surface area contributed by atoms with Crippen molar-refractivity contribution < 1.29 is 14.3 Å². The molecule has 3 aromatic carbocycles. The molecule has 1 unspecified atom stereocenters. The van der Waals surface area contributed by atoms with E-state index < -0.39 is 17.5 Å². The second-order valence-electron chi connectivity index (χ2n) is 13.8. The predicted octanol–water partition coefficient (Wildman–Crippen LogP) is 9.81. The number of ether oxygens (including phenoxy) is 1. The number of piperidine rings is 1. The van der Waals surface area contributed by atoms with Crippen LogP contribution in [-0.2, 0) is 19.7 Å². The van der Waals surface area contributed by atoms with E-state index in [1.807, 2.05) is 33.8 Å². The van der Waals surface area contributed by atoms with Crippen molar-refractivity contribution in [1.82, 2.24) is 10.2 Å². The highest BCUT2D eigenvalue weighted by atomic mass is 35.5. The fourth-order valence-corrected chi connectivity index (χ4v) is 7.64. The molecule has 5 rings (SSSR count). The van der Waals surface area contributed by atoms with E-state index in [9.17, 15) is 9.59 Å². The Morgan fingerprint density at radius 2 is 1.46 bits per heavy atom. The first-order valence-corrected chi connectivity index (χ1v) is 17.4. The first-order valence-electron chi connectivity index (χ1n) is 16.6. The summed E-state index contributed by atoms with van der Waals surface area (Å²) in [6, 6.07) is 27.2. The highest BCUT2D eigenvalue weighted by Gasteiger charge is 2.40. The molecule has 48 heavy (non-hydrogen) atoms. The van der Waals surface area contributed by atoms with Gasteiger partial charge in [0.25, 0.3) is 0 Å². The average Bonchev–Trinajstić information content (AvgIpc) is 3.04. The van der Waals surface area contributed by atoms with Crippen LogP contribution >= 0.6 is 35.6 Å². The molecule has 2 heterocycles. The monoisotopic (exact) mass is 708 g/mol. The van der Waals surface area contributed by atoms with Gasteiger partial charge in [-0.1, -0.05) is 96.0 Å². The van der Waals surface area contributed by atoms with E-state index in [1.54, 1.807) is 19.1 Å². The Hall–Kier alpha value is -3.09. The first-order chi connectivity index (χ1) is 22.4. The molecule has 2 aliphatic heterocycles. The molecule has 0 saturated carbocycles. The van der Waals surface area contributed by atoms with Crippen LogP contribution in [0.25, 0.3) is 0 Å². The van der Waals surface area contributed by atoms with Gasteiger partial charge in [0.15, 0.2) is 5.78 Å². The molecule has 0 aromatic heterocycles. The fraction of sp³-hybridized carbons (Fsp3) is 0.400. The second kappa shape index (κ2) is 16.1. The number of carbonyl (C=O) groups excluding carboxylic acids is 2. The zero-order valence-corrected chi connectivity index (χ0v) is 30.9. The molecule has 256 valence electrons. The van der Waals surface area contributed by atoms with Crippen molar-refractivity contribution in [3.63, 3.8) is 0 Å². The Morgan fingerprint density at radius 3 is 2.00 bits per heavy atom. The number of benzene rings is 3. The first kappa shape index (κ1) is 37.7. The number of allylic oxidation sites excluding steroid dienone is 3. The van der Waals surface area contributed by atoms with Gasteiger partial charge in [0.1, 0.15) is 5.60 Å². The van der Waals surface area contributed by atoms with Crippen molar-refractivity contribution in [3.8, 4) is 0 Å². The predicted molar refractivity (Wildman–Crippen MR) is 199 cm³/mol.